The van der Waals surface area contributed by atoms with Crippen molar-refractivity contribution in [2.24, 2.45) is 0 Å². The molecule has 0 fully saturated rings. The molecule has 5 heteroatoms. The molecule has 0 amide bonds. The molecule has 0 saturated heterocycles. The molecule has 0 bridgehead atoms. The minimum Gasteiger partial charge on any atom is -0.491 e. The van der Waals surface area contributed by atoms with Crippen molar-refractivity contribution in [3.05, 3.63) is 16.7 Å². The summed E-state index contributed by atoms with van der Waals surface area (Å²) in [4.78, 5) is 13.2. The summed E-state index contributed by atoms with van der Waals surface area (Å²) in [6.45, 7) is 0. The fraction of sp³-hybridized carbons (Fsp3) is 0. The Morgan fingerprint density at radius 2 is 2.50 bits per heavy atom. The number of nitrogens with zero attached hydrogens (tertiary/aromatic N) is 2. The molecule has 1 heterocycles. The Kier molecular flexibility index (Phi) is 0.957. The summed E-state index contributed by atoms with van der Waals surface area (Å²) in [5.41, 5.74) is -0.567. The van der Waals surface area contributed by atoms with E-state index in [0.717, 1.165) is 6.20 Å². The van der Waals surface area contributed by atoms with E-state index in [0.29, 0.717) is 0 Å². The van der Waals surface area contributed by atoms with Gasteiger partial charge in [-0.25, -0.2) is 9.89 Å². The number of hydrogen-bond donors (Lipinski definition) is 2. The lowest BCUT2D eigenvalue weighted by atomic mass is 10.8. The average Bonchev–Trinajstić information content (AvgIpc) is 1.77. The molecule has 0 unspecified atom stereocenters. The third kappa shape index (κ3) is 0.810. The Balaban J connectivity index is 3.22. The van der Waals surface area contributed by atoms with E-state index < -0.39 is 5.69 Å². The van der Waals surface area contributed by atoms with Crippen LogP contribution in [0.4, 0.5) is 0 Å². The molecule has 5 nitrogen and oxygen atoms in total. The summed E-state index contributed by atoms with van der Waals surface area (Å²) in [6, 6.07) is 0. The highest BCUT2D eigenvalue weighted by Gasteiger charge is 1.84. The van der Waals surface area contributed by atoms with Gasteiger partial charge in [0.15, 0.2) is 0 Å². The Bertz CT molecular complexity index is 210. The molecule has 0 atom stereocenters. The van der Waals surface area contributed by atoms with Crippen molar-refractivity contribution in [1.82, 2.24) is 15.2 Å². The summed E-state index contributed by atoms with van der Waals surface area (Å²) >= 11 is 0. The van der Waals surface area contributed by atoms with Crippen LogP contribution in [-0.2, 0) is 0 Å². The van der Waals surface area contributed by atoms with Gasteiger partial charge in [-0.3, -0.25) is 0 Å². The third-order valence-electron chi connectivity index (χ3n) is 0.563. The molecule has 8 heavy (non-hydrogen) atoms. The highest BCUT2D eigenvalue weighted by molar-refractivity contribution is 4.93. The lowest BCUT2D eigenvalue weighted by Gasteiger charge is -1.81. The summed E-state index contributed by atoms with van der Waals surface area (Å²) in [6.07, 6.45) is 0.971. The van der Waals surface area contributed by atoms with Crippen LogP contribution in [-0.4, -0.2) is 20.3 Å². The Labute approximate surface area is 44.0 Å². The van der Waals surface area contributed by atoms with Gasteiger partial charge in [-0.2, -0.15) is 4.98 Å². The van der Waals surface area contributed by atoms with E-state index in [-0.39, 0.29) is 5.88 Å². The number of aromatic nitrogens is 3. The Hall–Kier alpha value is -1.39. The van der Waals surface area contributed by atoms with Crippen LogP contribution < -0.4 is 5.69 Å². The minimum absolute atomic E-state index is 0.287. The molecule has 1 rings (SSSR count). The van der Waals surface area contributed by atoms with Crippen molar-refractivity contribution >= 4 is 0 Å². The normalized spacial score (nSPS) is 9.00. The topological polar surface area (TPSA) is 78.9 Å². The van der Waals surface area contributed by atoms with Crippen LogP contribution in [0.25, 0.3) is 0 Å². The minimum atomic E-state index is -0.567. The molecular formula is C3H3N3O2. The highest BCUT2D eigenvalue weighted by Crippen LogP contribution is 1.88. The second kappa shape index (κ2) is 1.61. The maximum absolute atomic E-state index is 10.1. The largest absolute Gasteiger partial charge is 0.491 e. The summed E-state index contributed by atoms with van der Waals surface area (Å²) in [5.74, 6) is -0.287. The third-order valence-corrected chi connectivity index (χ3v) is 0.563. The van der Waals surface area contributed by atoms with Gasteiger partial charge in [0.25, 0.3) is 0 Å². The zero-order valence-corrected chi connectivity index (χ0v) is 3.83. The van der Waals surface area contributed by atoms with Gasteiger partial charge in [-0.05, 0) is 0 Å². The average molecular weight is 113 g/mol. The van der Waals surface area contributed by atoms with E-state index >= 15 is 0 Å². The number of aromatic amines is 1. The Morgan fingerprint density at radius 3 is 2.88 bits per heavy atom. The number of rotatable bonds is 0. The molecule has 1 aromatic rings. The maximum Gasteiger partial charge on any atom is 0.361 e. The van der Waals surface area contributed by atoms with Crippen molar-refractivity contribution in [3.63, 3.8) is 0 Å². The fourth-order valence-corrected chi connectivity index (χ4v) is 0.279. The highest BCUT2D eigenvalue weighted by atomic mass is 16.3. The molecule has 42 valence electrons. The van der Waals surface area contributed by atoms with Crippen LogP contribution in [0, 0.1) is 0 Å². The van der Waals surface area contributed by atoms with Crippen LogP contribution in [0.3, 0.4) is 0 Å². The quantitative estimate of drug-likeness (QED) is 0.446. The SMILES string of the molecule is O=c1ncc(O)n[nH]1. The maximum atomic E-state index is 10.1. The first-order chi connectivity index (χ1) is 3.79. The molecule has 0 aliphatic heterocycles. The predicted octanol–water partition coefficient (Wildman–Crippen LogP) is -1.13. The van der Waals surface area contributed by atoms with Gasteiger partial charge in [0.05, 0.1) is 6.20 Å². The van der Waals surface area contributed by atoms with Crippen LogP contribution in [0.2, 0.25) is 0 Å². The van der Waals surface area contributed by atoms with Crippen molar-refractivity contribution < 1.29 is 5.11 Å². The number of nitrogens with one attached hydrogen (secondary N) is 1. The molecular weight excluding hydrogens is 110 g/mol. The van der Waals surface area contributed by atoms with Gasteiger partial charge in [0.2, 0.25) is 5.88 Å². The van der Waals surface area contributed by atoms with Gasteiger partial charge in [0.1, 0.15) is 0 Å². The molecule has 1 aromatic heterocycles. The lowest BCUT2D eigenvalue weighted by Crippen LogP contribution is -2.09. The van der Waals surface area contributed by atoms with Crippen molar-refractivity contribution in [1.29, 1.82) is 0 Å². The molecule has 0 aliphatic rings. The van der Waals surface area contributed by atoms with E-state index in [4.69, 9.17) is 5.11 Å². The monoisotopic (exact) mass is 113 g/mol. The first-order valence-corrected chi connectivity index (χ1v) is 1.90. The molecule has 0 aliphatic carbocycles. The number of hydrogen-bond acceptors (Lipinski definition) is 4. The van der Waals surface area contributed by atoms with Crippen molar-refractivity contribution in [2.45, 2.75) is 0 Å². The van der Waals surface area contributed by atoms with Gasteiger partial charge in [-0.15, -0.1) is 5.10 Å². The van der Waals surface area contributed by atoms with E-state index in [9.17, 15) is 4.79 Å². The summed E-state index contributed by atoms with van der Waals surface area (Å²) in [5, 5.41) is 13.5. The number of H-pyrrole nitrogens is 1. The molecule has 2 N–H and O–H groups in total. The second-order valence-electron chi connectivity index (χ2n) is 1.15. The van der Waals surface area contributed by atoms with Crippen LogP contribution in [0.5, 0.6) is 5.88 Å². The van der Waals surface area contributed by atoms with Crippen molar-refractivity contribution in [2.75, 3.05) is 0 Å². The predicted molar refractivity (Wildman–Crippen MR) is 24.3 cm³/mol. The number of aromatic hydroxyl groups is 1. The lowest BCUT2D eigenvalue weighted by molar-refractivity contribution is 0.439. The van der Waals surface area contributed by atoms with Gasteiger partial charge in [0, 0.05) is 0 Å². The zero-order valence-electron chi connectivity index (χ0n) is 3.83. The van der Waals surface area contributed by atoms with Crippen LogP contribution in [0.1, 0.15) is 0 Å². The van der Waals surface area contributed by atoms with Gasteiger partial charge in [-0.1, -0.05) is 0 Å². The van der Waals surface area contributed by atoms with E-state index in [2.05, 4.69) is 10.1 Å². The first kappa shape index (κ1) is 4.76. The van der Waals surface area contributed by atoms with Crippen molar-refractivity contribution in [3.8, 4) is 5.88 Å². The molecule has 0 spiro atoms. The van der Waals surface area contributed by atoms with E-state index in [1.165, 1.54) is 0 Å². The first-order valence-electron chi connectivity index (χ1n) is 1.90. The van der Waals surface area contributed by atoms with Gasteiger partial charge < -0.3 is 5.11 Å². The molecule has 0 radical (unpaired) electrons. The molecule has 0 aromatic carbocycles. The standard InChI is InChI=1S/C3H3N3O2/c7-2-1-4-3(8)6-5-2/h1H,(H,5,7)(H,4,6,8). The van der Waals surface area contributed by atoms with Crippen LogP contribution in [0.15, 0.2) is 11.0 Å². The summed E-state index contributed by atoms with van der Waals surface area (Å²) in [7, 11) is 0. The van der Waals surface area contributed by atoms with E-state index in [1.54, 1.807) is 0 Å². The van der Waals surface area contributed by atoms with Gasteiger partial charge >= 0.3 is 5.69 Å². The Morgan fingerprint density at radius 1 is 1.75 bits per heavy atom. The van der Waals surface area contributed by atoms with Crippen LogP contribution >= 0.6 is 0 Å². The second-order valence-corrected chi connectivity index (χ2v) is 1.15. The zero-order chi connectivity index (χ0) is 5.98. The molecule has 0 saturated carbocycles. The van der Waals surface area contributed by atoms with E-state index in [1.807, 2.05) is 5.10 Å². The summed E-state index contributed by atoms with van der Waals surface area (Å²) < 4.78 is 0. The fourth-order valence-electron chi connectivity index (χ4n) is 0.279. The smallest absolute Gasteiger partial charge is 0.361 e.